The summed E-state index contributed by atoms with van der Waals surface area (Å²) in [5.41, 5.74) is 1.27. The van der Waals surface area contributed by atoms with Crippen LogP contribution in [-0.4, -0.2) is 25.2 Å². The van der Waals surface area contributed by atoms with Gasteiger partial charge in [0.15, 0.2) is 0 Å². The summed E-state index contributed by atoms with van der Waals surface area (Å²) < 4.78 is 10.6. The molecule has 0 radical (unpaired) electrons. The Kier molecular flexibility index (Phi) is 4.99. The number of furan rings is 1. The van der Waals surface area contributed by atoms with Gasteiger partial charge in [-0.3, -0.25) is 0 Å². The van der Waals surface area contributed by atoms with E-state index >= 15 is 0 Å². The van der Waals surface area contributed by atoms with Crippen LogP contribution in [0.2, 0.25) is 5.02 Å². The van der Waals surface area contributed by atoms with Crippen molar-refractivity contribution in [1.29, 1.82) is 5.26 Å². The Balaban J connectivity index is 2.03. The number of methoxy groups -OCH3 is 1. The van der Waals surface area contributed by atoms with Gasteiger partial charge >= 0.3 is 0 Å². The molecular formula is C18H16ClN3O2. The van der Waals surface area contributed by atoms with Gasteiger partial charge in [-0.25, -0.2) is 4.98 Å². The standard InChI is InChI=1S/C18H16ClN3O2/c1-23-8-6-22(12-15-3-2-7-24-15)18-9-13(11-20)16-10-14(19)4-5-17(16)21-18/h2-5,7,9-10H,6,8,12H2,1H3. The Morgan fingerprint density at radius 2 is 2.21 bits per heavy atom. The van der Waals surface area contributed by atoms with Gasteiger partial charge in [0.05, 0.1) is 36.6 Å². The molecule has 0 spiro atoms. The molecule has 5 nitrogen and oxygen atoms in total. The largest absolute Gasteiger partial charge is 0.467 e. The summed E-state index contributed by atoms with van der Waals surface area (Å²) in [4.78, 5) is 6.70. The second-order valence-electron chi connectivity index (χ2n) is 5.30. The lowest BCUT2D eigenvalue weighted by atomic mass is 10.1. The molecule has 3 aromatic rings. The van der Waals surface area contributed by atoms with E-state index in [9.17, 15) is 5.26 Å². The van der Waals surface area contributed by atoms with Crippen molar-refractivity contribution in [3.05, 3.63) is 59.0 Å². The minimum atomic E-state index is 0.541. The molecule has 0 N–H and O–H groups in total. The van der Waals surface area contributed by atoms with Gasteiger partial charge in [0.1, 0.15) is 11.6 Å². The predicted octanol–water partition coefficient (Wildman–Crippen LogP) is 4.01. The average Bonchev–Trinajstić information content (AvgIpc) is 3.10. The maximum Gasteiger partial charge on any atom is 0.131 e. The summed E-state index contributed by atoms with van der Waals surface area (Å²) in [6.07, 6.45) is 1.64. The van der Waals surface area contributed by atoms with Gasteiger partial charge in [-0.2, -0.15) is 5.26 Å². The first-order valence-electron chi connectivity index (χ1n) is 7.48. The quantitative estimate of drug-likeness (QED) is 0.678. The van der Waals surface area contributed by atoms with E-state index in [0.717, 1.165) is 16.7 Å². The summed E-state index contributed by atoms with van der Waals surface area (Å²) in [5.74, 6) is 1.53. The molecule has 0 aliphatic heterocycles. The second kappa shape index (κ2) is 7.35. The fourth-order valence-corrected chi connectivity index (χ4v) is 2.68. The number of hydrogen-bond donors (Lipinski definition) is 0. The van der Waals surface area contributed by atoms with E-state index in [2.05, 4.69) is 11.1 Å². The Morgan fingerprint density at radius 3 is 2.92 bits per heavy atom. The molecule has 122 valence electrons. The van der Waals surface area contributed by atoms with Crippen LogP contribution in [0, 0.1) is 11.3 Å². The first-order valence-corrected chi connectivity index (χ1v) is 7.85. The zero-order chi connectivity index (χ0) is 16.9. The third kappa shape index (κ3) is 3.51. The first kappa shape index (κ1) is 16.3. The summed E-state index contributed by atoms with van der Waals surface area (Å²) in [7, 11) is 1.65. The van der Waals surface area contributed by atoms with Crippen LogP contribution in [0.1, 0.15) is 11.3 Å². The van der Waals surface area contributed by atoms with E-state index < -0.39 is 0 Å². The molecule has 1 aromatic carbocycles. The number of ether oxygens (including phenoxy) is 1. The van der Waals surface area contributed by atoms with E-state index in [4.69, 9.17) is 20.8 Å². The third-order valence-corrected chi connectivity index (χ3v) is 3.93. The van der Waals surface area contributed by atoms with Crippen LogP contribution < -0.4 is 4.90 Å². The molecule has 0 amide bonds. The van der Waals surface area contributed by atoms with Crippen molar-refractivity contribution < 1.29 is 9.15 Å². The molecule has 0 saturated carbocycles. The van der Waals surface area contributed by atoms with Gasteiger partial charge in [0, 0.05) is 24.1 Å². The van der Waals surface area contributed by atoms with Crippen molar-refractivity contribution in [3.63, 3.8) is 0 Å². The number of anilines is 1. The fourth-order valence-electron chi connectivity index (χ4n) is 2.51. The normalized spacial score (nSPS) is 10.7. The average molecular weight is 342 g/mol. The molecule has 0 fully saturated rings. The zero-order valence-corrected chi connectivity index (χ0v) is 14.0. The van der Waals surface area contributed by atoms with Gasteiger partial charge in [0.2, 0.25) is 0 Å². The number of nitriles is 1. The van der Waals surface area contributed by atoms with Crippen molar-refractivity contribution in [2.24, 2.45) is 0 Å². The monoisotopic (exact) mass is 341 g/mol. The van der Waals surface area contributed by atoms with Gasteiger partial charge in [-0.15, -0.1) is 0 Å². The summed E-state index contributed by atoms with van der Waals surface area (Å²) in [6.45, 7) is 1.73. The van der Waals surface area contributed by atoms with Crippen molar-refractivity contribution in [3.8, 4) is 6.07 Å². The highest BCUT2D eigenvalue weighted by Crippen LogP contribution is 2.26. The highest BCUT2D eigenvalue weighted by molar-refractivity contribution is 6.31. The maximum absolute atomic E-state index is 9.48. The van der Waals surface area contributed by atoms with Crippen LogP contribution in [0.15, 0.2) is 47.1 Å². The highest BCUT2D eigenvalue weighted by atomic mass is 35.5. The van der Waals surface area contributed by atoms with Crippen molar-refractivity contribution >= 4 is 28.3 Å². The van der Waals surface area contributed by atoms with E-state index in [0.29, 0.717) is 36.1 Å². The van der Waals surface area contributed by atoms with Crippen LogP contribution in [-0.2, 0) is 11.3 Å². The van der Waals surface area contributed by atoms with E-state index in [1.54, 1.807) is 31.6 Å². The molecule has 0 aliphatic carbocycles. The maximum atomic E-state index is 9.48. The third-order valence-electron chi connectivity index (χ3n) is 3.69. The fraction of sp³-hybridized carbons (Fsp3) is 0.222. The van der Waals surface area contributed by atoms with Gasteiger partial charge < -0.3 is 14.1 Å². The van der Waals surface area contributed by atoms with Crippen LogP contribution in [0.5, 0.6) is 0 Å². The molecule has 0 saturated heterocycles. The molecule has 2 heterocycles. The van der Waals surface area contributed by atoms with Gasteiger partial charge in [-0.1, -0.05) is 11.6 Å². The Labute approximate surface area is 145 Å². The number of halogens is 1. The van der Waals surface area contributed by atoms with E-state index in [-0.39, 0.29) is 0 Å². The summed E-state index contributed by atoms with van der Waals surface area (Å²) >= 11 is 6.04. The zero-order valence-electron chi connectivity index (χ0n) is 13.2. The summed E-state index contributed by atoms with van der Waals surface area (Å²) in [6, 6.07) is 13.1. The van der Waals surface area contributed by atoms with Gasteiger partial charge in [-0.05, 0) is 36.4 Å². The lowest BCUT2D eigenvalue weighted by Crippen LogP contribution is -2.27. The number of benzene rings is 1. The Morgan fingerprint density at radius 1 is 1.33 bits per heavy atom. The topological polar surface area (TPSA) is 62.3 Å². The Hall–Kier alpha value is -2.55. The van der Waals surface area contributed by atoms with Crippen LogP contribution in [0.4, 0.5) is 5.82 Å². The number of pyridine rings is 1. The number of rotatable bonds is 6. The van der Waals surface area contributed by atoms with Crippen LogP contribution in [0.25, 0.3) is 10.9 Å². The molecular weight excluding hydrogens is 326 g/mol. The lowest BCUT2D eigenvalue weighted by Gasteiger charge is -2.23. The number of fused-ring (bicyclic) bond motifs is 1. The number of hydrogen-bond acceptors (Lipinski definition) is 5. The minimum absolute atomic E-state index is 0.541. The van der Waals surface area contributed by atoms with Gasteiger partial charge in [0.25, 0.3) is 0 Å². The van der Waals surface area contributed by atoms with Crippen LogP contribution in [0.3, 0.4) is 0 Å². The van der Waals surface area contributed by atoms with E-state index in [1.807, 2.05) is 23.1 Å². The number of nitrogens with zero attached hydrogens (tertiary/aromatic N) is 3. The molecule has 6 heteroatoms. The van der Waals surface area contributed by atoms with Crippen molar-refractivity contribution in [1.82, 2.24) is 4.98 Å². The summed E-state index contributed by atoms with van der Waals surface area (Å²) in [5, 5.41) is 10.8. The van der Waals surface area contributed by atoms with Crippen molar-refractivity contribution in [2.75, 3.05) is 25.2 Å². The molecule has 2 aromatic heterocycles. The number of aromatic nitrogens is 1. The molecule has 0 unspecified atom stereocenters. The van der Waals surface area contributed by atoms with Crippen molar-refractivity contribution in [2.45, 2.75) is 6.54 Å². The minimum Gasteiger partial charge on any atom is -0.467 e. The molecule has 0 bridgehead atoms. The second-order valence-corrected chi connectivity index (χ2v) is 5.73. The first-order chi connectivity index (χ1) is 11.7. The SMILES string of the molecule is COCCN(Cc1ccco1)c1cc(C#N)c2cc(Cl)ccc2n1. The lowest BCUT2D eigenvalue weighted by molar-refractivity contribution is 0.204. The van der Waals surface area contributed by atoms with E-state index in [1.165, 1.54) is 0 Å². The predicted molar refractivity (Wildman–Crippen MR) is 93.1 cm³/mol. The molecule has 3 rings (SSSR count). The molecule has 24 heavy (non-hydrogen) atoms. The van der Waals surface area contributed by atoms with Crippen LogP contribution >= 0.6 is 11.6 Å². The highest BCUT2D eigenvalue weighted by Gasteiger charge is 2.14. The molecule has 0 atom stereocenters. The smallest absolute Gasteiger partial charge is 0.131 e. The molecule has 0 aliphatic rings. The Bertz CT molecular complexity index is 872.